The molecule has 1 heterocycles. The summed E-state index contributed by atoms with van der Waals surface area (Å²) in [7, 11) is 0. The predicted octanol–water partition coefficient (Wildman–Crippen LogP) is 7.48. The Balaban J connectivity index is 1.31. The van der Waals surface area contributed by atoms with E-state index in [0.717, 1.165) is 46.5 Å². The number of nitrogens with zero attached hydrogens (tertiary/aromatic N) is 2. The Morgan fingerprint density at radius 1 is 0.774 bits per heavy atom. The van der Waals surface area contributed by atoms with Gasteiger partial charge in [-0.25, -0.2) is 4.98 Å². The molecule has 0 radical (unpaired) electrons. The molecule has 4 aromatic carbocycles. The summed E-state index contributed by atoms with van der Waals surface area (Å²) in [5.74, 6) is 1.96. The van der Waals surface area contributed by atoms with E-state index in [1.54, 1.807) is 0 Å². The van der Waals surface area contributed by atoms with E-state index in [1.165, 1.54) is 16.3 Å². The lowest BCUT2D eigenvalue weighted by molar-refractivity contribution is 0.307. The zero-order valence-electron chi connectivity index (χ0n) is 17.2. The number of benzene rings is 4. The molecule has 5 rings (SSSR count). The number of unbranched alkanes of at least 4 members (excludes halogenated alkanes) is 1. The van der Waals surface area contributed by atoms with Crippen molar-refractivity contribution in [3.05, 3.63) is 95.5 Å². The lowest BCUT2D eigenvalue weighted by atomic mass is 10.1. The molecule has 4 heteroatoms. The summed E-state index contributed by atoms with van der Waals surface area (Å²) in [4.78, 5) is 4.93. The molecule has 5 aromatic rings. The van der Waals surface area contributed by atoms with Crippen molar-refractivity contribution in [1.82, 2.24) is 9.55 Å². The number of hydrogen-bond donors (Lipinski definition) is 0. The third-order valence-electron chi connectivity index (χ3n) is 5.55. The number of hydrogen-bond acceptors (Lipinski definition) is 2. The summed E-state index contributed by atoms with van der Waals surface area (Å²) in [6, 6.07) is 31.2. The molecular weight excluding hydrogens is 448 g/mol. The average molecular weight is 471 g/mol. The Kier molecular flexibility index (Phi) is 5.72. The number of fused-ring (bicyclic) bond motifs is 2. The van der Waals surface area contributed by atoms with Crippen molar-refractivity contribution >= 4 is 37.7 Å². The molecule has 0 saturated carbocycles. The molecule has 0 aliphatic heterocycles. The summed E-state index contributed by atoms with van der Waals surface area (Å²) in [5, 5.41) is 2.38. The molecule has 0 unspecified atom stereocenters. The van der Waals surface area contributed by atoms with Crippen LogP contribution in [-0.2, 0) is 6.54 Å². The van der Waals surface area contributed by atoms with Gasteiger partial charge in [0.2, 0.25) is 0 Å². The van der Waals surface area contributed by atoms with E-state index in [1.807, 2.05) is 12.1 Å². The third-order valence-corrected chi connectivity index (χ3v) is 6.24. The summed E-state index contributed by atoms with van der Waals surface area (Å²) >= 11 is 3.69. The summed E-state index contributed by atoms with van der Waals surface area (Å²) in [5.41, 5.74) is 3.31. The number of para-hydroxylation sites is 2. The number of rotatable bonds is 7. The predicted molar refractivity (Wildman–Crippen MR) is 132 cm³/mol. The van der Waals surface area contributed by atoms with Crippen LogP contribution in [0.3, 0.4) is 0 Å². The highest BCUT2D eigenvalue weighted by atomic mass is 79.9. The van der Waals surface area contributed by atoms with Gasteiger partial charge in [-0.1, -0.05) is 82.7 Å². The fourth-order valence-electron chi connectivity index (χ4n) is 4.03. The molecular formula is C27H23BrN2O. The van der Waals surface area contributed by atoms with Crippen LogP contribution in [0, 0.1) is 0 Å². The maximum Gasteiger partial charge on any atom is 0.142 e. The number of aryl methyl sites for hydroxylation is 1. The average Bonchev–Trinajstić information content (AvgIpc) is 3.17. The second-order valence-electron chi connectivity index (χ2n) is 7.59. The molecule has 0 N–H and O–H groups in total. The van der Waals surface area contributed by atoms with Crippen molar-refractivity contribution in [3.8, 4) is 17.1 Å². The first kappa shape index (κ1) is 19.8. The van der Waals surface area contributed by atoms with Crippen LogP contribution >= 0.6 is 15.9 Å². The first-order valence-corrected chi connectivity index (χ1v) is 11.4. The Morgan fingerprint density at radius 3 is 2.48 bits per heavy atom. The van der Waals surface area contributed by atoms with Crippen LogP contribution in [-0.4, -0.2) is 16.2 Å². The first-order valence-electron chi connectivity index (χ1n) is 10.6. The molecule has 154 valence electrons. The van der Waals surface area contributed by atoms with E-state index in [-0.39, 0.29) is 0 Å². The van der Waals surface area contributed by atoms with Crippen LogP contribution in [0.1, 0.15) is 12.8 Å². The number of halogens is 1. The molecule has 0 aliphatic carbocycles. The van der Waals surface area contributed by atoms with Gasteiger partial charge in [0.25, 0.3) is 0 Å². The molecule has 0 spiro atoms. The van der Waals surface area contributed by atoms with Crippen LogP contribution < -0.4 is 4.74 Å². The SMILES string of the molecule is Brc1ccccc1-c1nc2ccccc2n1CCCCOc1cccc2ccccc12. The molecule has 3 nitrogen and oxygen atoms in total. The van der Waals surface area contributed by atoms with Crippen LogP contribution in [0.4, 0.5) is 0 Å². The van der Waals surface area contributed by atoms with Crippen LogP contribution in [0.15, 0.2) is 95.5 Å². The minimum Gasteiger partial charge on any atom is -0.493 e. The molecule has 0 amide bonds. The molecule has 0 fully saturated rings. The van der Waals surface area contributed by atoms with Crippen LogP contribution in [0.5, 0.6) is 5.75 Å². The summed E-state index contributed by atoms with van der Waals surface area (Å²) in [6.45, 7) is 1.60. The highest BCUT2D eigenvalue weighted by Gasteiger charge is 2.14. The lowest BCUT2D eigenvalue weighted by Crippen LogP contribution is -2.04. The van der Waals surface area contributed by atoms with Crippen molar-refractivity contribution in [2.45, 2.75) is 19.4 Å². The quantitative estimate of drug-likeness (QED) is 0.230. The molecule has 1 aromatic heterocycles. The first-order chi connectivity index (χ1) is 15.3. The molecule has 0 bridgehead atoms. The highest BCUT2D eigenvalue weighted by Crippen LogP contribution is 2.31. The van der Waals surface area contributed by atoms with E-state index in [0.29, 0.717) is 6.61 Å². The van der Waals surface area contributed by atoms with Crippen molar-refractivity contribution in [2.75, 3.05) is 6.61 Å². The van der Waals surface area contributed by atoms with E-state index in [2.05, 4.69) is 99.4 Å². The van der Waals surface area contributed by atoms with Crippen molar-refractivity contribution < 1.29 is 4.74 Å². The molecule has 31 heavy (non-hydrogen) atoms. The minimum absolute atomic E-state index is 0.699. The van der Waals surface area contributed by atoms with Crippen molar-refractivity contribution in [1.29, 1.82) is 0 Å². The second kappa shape index (κ2) is 8.94. The molecule has 0 aliphatic rings. The normalized spacial score (nSPS) is 11.3. The van der Waals surface area contributed by atoms with Gasteiger partial charge in [-0.2, -0.15) is 0 Å². The van der Waals surface area contributed by atoms with Gasteiger partial charge in [0, 0.05) is 22.0 Å². The topological polar surface area (TPSA) is 27.1 Å². The van der Waals surface area contributed by atoms with Crippen molar-refractivity contribution in [3.63, 3.8) is 0 Å². The van der Waals surface area contributed by atoms with Gasteiger partial charge in [0.1, 0.15) is 11.6 Å². The Bertz CT molecular complexity index is 1340. The second-order valence-corrected chi connectivity index (χ2v) is 8.44. The van der Waals surface area contributed by atoms with E-state index >= 15 is 0 Å². The summed E-state index contributed by atoms with van der Waals surface area (Å²) in [6.07, 6.45) is 1.99. The van der Waals surface area contributed by atoms with Gasteiger partial charge in [-0.05, 0) is 42.5 Å². The zero-order chi connectivity index (χ0) is 21.0. The van der Waals surface area contributed by atoms with Gasteiger partial charge in [-0.3, -0.25) is 0 Å². The summed E-state index contributed by atoms with van der Waals surface area (Å²) < 4.78 is 9.52. The van der Waals surface area contributed by atoms with Crippen molar-refractivity contribution in [2.24, 2.45) is 0 Å². The number of imidazole rings is 1. The molecule has 0 saturated heterocycles. The van der Waals surface area contributed by atoms with Gasteiger partial charge in [0.15, 0.2) is 0 Å². The Hall–Kier alpha value is -3.11. The maximum atomic E-state index is 6.13. The maximum absolute atomic E-state index is 6.13. The van der Waals surface area contributed by atoms with Crippen LogP contribution in [0.25, 0.3) is 33.2 Å². The van der Waals surface area contributed by atoms with Gasteiger partial charge < -0.3 is 9.30 Å². The fraction of sp³-hybridized carbons (Fsp3) is 0.148. The highest BCUT2D eigenvalue weighted by molar-refractivity contribution is 9.10. The largest absolute Gasteiger partial charge is 0.493 e. The number of ether oxygens (including phenoxy) is 1. The van der Waals surface area contributed by atoms with E-state index < -0.39 is 0 Å². The molecule has 0 atom stereocenters. The standard InChI is InChI=1S/C27H23BrN2O/c28-23-14-4-3-13-22(23)27-29-24-15-5-6-16-25(24)30(27)18-7-8-19-31-26-17-9-11-20-10-1-2-12-21(20)26/h1-6,9-17H,7-8,18-19H2. The van der Waals surface area contributed by atoms with E-state index in [9.17, 15) is 0 Å². The Labute approximate surface area is 190 Å². The van der Waals surface area contributed by atoms with Gasteiger partial charge >= 0.3 is 0 Å². The van der Waals surface area contributed by atoms with E-state index in [4.69, 9.17) is 9.72 Å². The number of aromatic nitrogens is 2. The third kappa shape index (κ3) is 4.08. The minimum atomic E-state index is 0.699. The van der Waals surface area contributed by atoms with Gasteiger partial charge in [-0.15, -0.1) is 0 Å². The lowest BCUT2D eigenvalue weighted by Gasteiger charge is -2.12. The zero-order valence-corrected chi connectivity index (χ0v) is 18.8. The fourth-order valence-corrected chi connectivity index (χ4v) is 4.49. The van der Waals surface area contributed by atoms with Gasteiger partial charge in [0.05, 0.1) is 17.6 Å². The monoisotopic (exact) mass is 470 g/mol. The Morgan fingerprint density at radius 2 is 1.55 bits per heavy atom. The van der Waals surface area contributed by atoms with Crippen LogP contribution in [0.2, 0.25) is 0 Å². The smallest absolute Gasteiger partial charge is 0.142 e.